The Morgan fingerprint density at radius 2 is 1.88 bits per heavy atom. The molecule has 0 radical (unpaired) electrons. The first-order valence-corrected chi connectivity index (χ1v) is 6.06. The van der Waals surface area contributed by atoms with Gasteiger partial charge in [0.05, 0.1) is 18.8 Å². The Hall–Kier alpha value is -0.930. The minimum absolute atomic E-state index is 0.110. The van der Waals surface area contributed by atoms with Gasteiger partial charge in [0, 0.05) is 5.92 Å². The number of rotatable bonds is 2. The van der Waals surface area contributed by atoms with Crippen molar-refractivity contribution in [3.63, 3.8) is 0 Å². The monoisotopic (exact) mass is 236 g/mol. The van der Waals surface area contributed by atoms with Crippen molar-refractivity contribution >= 4 is 0 Å². The molecule has 1 spiro atoms. The van der Waals surface area contributed by atoms with Gasteiger partial charge in [-0.15, -0.1) is 0 Å². The van der Waals surface area contributed by atoms with Gasteiger partial charge in [-0.05, 0) is 38.0 Å². The normalized spacial score (nSPS) is 34.2. The third-order valence-electron chi connectivity index (χ3n) is 4.17. The van der Waals surface area contributed by atoms with E-state index < -0.39 is 0 Å². The van der Waals surface area contributed by atoms with Gasteiger partial charge in [0.1, 0.15) is 11.4 Å². The van der Waals surface area contributed by atoms with Crippen molar-refractivity contribution in [1.82, 2.24) is 0 Å². The van der Waals surface area contributed by atoms with E-state index in [0.717, 1.165) is 25.2 Å². The van der Waals surface area contributed by atoms with Crippen molar-refractivity contribution in [2.75, 3.05) is 13.2 Å². The minimum Gasteiger partial charge on any atom is -0.372 e. The molecule has 1 aromatic carbocycles. The molecule has 0 N–H and O–H groups in total. The van der Waals surface area contributed by atoms with Crippen LogP contribution in [0, 0.1) is 11.7 Å². The molecule has 0 bridgehead atoms. The van der Waals surface area contributed by atoms with Crippen LogP contribution >= 0.6 is 0 Å². The first-order chi connectivity index (χ1) is 8.03. The lowest BCUT2D eigenvalue weighted by Crippen LogP contribution is -2.39. The summed E-state index contributed by atoms with van der Waals surface area (Å²) in [7, 11) is 0. The van der Waals surface area contributed by atoms with E-state index in [1.54, 1.807) is 0 Å². The molecule has 2 fully saturated rings. The number of hydrogen-bond donors (Lipinski definition) is 0. The zero-order valence-electron chi connectivity index (χ0n) is 10.2. The lowest BCUT2D eigenvalue weighted by Gasteiger charge is -2.25. The first-order valence-electron chi connectivity index (χ1n) is 6.06. The van der Waals surface area contributed by atoms with Gasteiger partial charge in [-0.1, -0.05) is 12.1 Å². The Kier molecular flexibility index (Phi) is 2.32. The van der Waals surface area contributed by atoms with Gasteiger partial charge in [-0.3, -0.25) is 0 Å². The van der Waals surface area contributed by atoms with Crippen LogP contribution in [0.25, 0.3) is 0 Å². The summed E-state index contributed by atoms with van der Waals surface area (Å²) in [5.41, 5.74) is 0.839. The summed E-state index contributed by atoms with van der Waals surface area (Å²) in [6.07, 6.45) is 0.893. The fourth-order valence-electron chi connectivity index (χ4n) is 2.85. The van der Waals surface area contributed by atoms with Crippen molar-refractivity contribution in [3.8, 4) is 0 Å². The lowest BCUT2D eigenvalue weighted by atomic mass is 9.80. The highest BCUT2D eigenvalue weighted by Crippen LogP contribution is 2.52. The van der Waals surface area contributed by atoms with Crippen LogP contribution in [0.3, 0.4) is 0 Å². The number of epoxide rings is 1. The number of benzene rings is 1. The Labute approximate surface area is 101 Å². The molecule has 2 aliphatic rings. The second kappa shape index (κ2) is 3.53. The highest BCUT2D eigenvalue weighted by Gasteiger charge is 2.66. The van der Waals surface area contributed by atoms with Crippen LogP contribution in [0.2, 0.25) is 0 Å². The maximum atomic E-state index is 12.8. The molecule has 2 unspecified atom stereocenters. The Morgan fingerprint density at radius 3 is 2.47 bits per heavy atom. The average Bonchev–Trinajstić information content (AvgIpc) is 3.04. The molecule has 2 saturated heterocycles. The minimum atomic E-state index is -0.197. The zero-order chi connectivity index (χ0) is 12.1. The molecular weight excluding hydrogens is 219 g/mol. The fourth-order valence-corrected chi connectivity index (χ4v) is 2.85. The van der Waals surface area contributed by atoms with E-state index in [4.69, 9.17) is 9.47 Å². The predicted octanol–water partition coefficient (Wildman–Crippen LogP) is 2.56. The summed E-state index contributed by atoms with van der Waals surface area (Å²) >= 11 is 0. The van der Waals surface area contributed by atoms with Crippen LogP contribution in [0.1, 0.15) is 19.4 Å². The molecule has 0 amide bonds. The second-order valence-electron chi connectivity index (χ2n) is 5.53. The summed E-state index contributed by atoms with van der Waals surface area (Å²) in [5, 5.41) is 0. The number of hydrogen-bond acceptors (Lipinski definition) is 2. The number of halogens is 1. The van der Waals surface area contributed by atoms with Crippen LogP contribution < -0.4 is 0 Å². The molecule has 0 saturated carbocycles. The Balaban J connectivity index is 1.77. The van der Waals surface area contributed by atoms with E-state index in [1.807, 2.05) is 12.1 Å². The van der Waals surface area contributed by atoms with E-state index in [2.05, 4.69) is 13.8 Å². The van der Waals surface area contributed by atoms with E-state index in [0.29, 0.717) is 5.92 Å². The van der Waals surface area contributed by atoms with Gasteiger partial charge >= 0.3 is 0 Å². The van der Waals surface area contributed by atoms with Crippen molar-refractivity contribution in [3.05, 3.63) is 35.6 Å². The highest BCUT2D eigenvalue weighted by molar-refractivity contribution is 5.21. The van der Waals surface area contributed by atoms with Gasteiger partial charge in [0.25, 0.3) is 0 Å². The molecule has 0 aromatic heterocycles. The van der Waals surface area contributed by atoms with Crippen LogP contribution in [0.5, 0.6) is 0 Å². The molecule has 3 heteroatoms. The summed E-state index contributed by atoms with van der Waals surface area (Å²) in [4.78, 5) is 0. The molecule has 2 aliphatic heterocycles. The third-order valence-corrected chi connectivity index (χ3v) is 4.17. The molecular formula is C14H17FO2. The standard InChI is InChI=1S/C14H17FO2/c1-13(2)14(9-17-14)11(8-16-13)7-10-3-5-12(15)6-4-10/h3-6,11H,7-9H2,1-2H3. The third kappa shape index (κ3) is 1.69. The van der Waals surface area contributed by atoms with Gasteiger partial charge in [0.15, 0.2) is 0 Å². The van der Waals surface area contributed by atoms with Crippen LogP contribution in [0.4, 0.5) is 4.39 Å². The van der Waals surface area contributed by atoms with Crippen molar-refractivity contribution < 1.29 is 13.9 Å². The van der Waals surface area contributed by atoms with Crippen molar-refractivity contribution in [1.29, 1.82) is 0 Å². The SMILES string of the molecule is CC1(C)OCC(Cc2ccc(F)cc2)C12CO2. The Bertz CT molecular complexity index is 420. The topological polar surface area (TPSA) is 21.8 Å². The zero-order valence-corrected chi connectivity index (χ0v) is 10.2. The van der Waals surface area contributed by atoms with Crippen LogP contribution in [-0.4, -0.2) is 24.4 Å². The maximum absolute atomic E-state index is 12.8. The molecule has 2 nitrogen and oxygen atoms in total. The van der Waals surface area contributed by atoms with Crippen LogP contribution in [0.15, 0.2) is 24.3 Å². The van der Waals surface area contributed by atoms with Gasteiger partial charge in [0.2, 0.25) is 0 Å². The van der Waals surface area contributed by atoms with Gasteiger partial charge in [-0.25, -0.2) is 4.39 Å². The quantitative estimate of drug-likeness (QED) is 0.736. The highest BCUT2D eigenvalue weighted by atomic mass is 19.1. The maximum Gasteiger partial charge on any atom is 0.125 e. The molecule has 2 heterocycles. The molecule has 1 aromatic rings. The first kappa shape index (κ1) is 11.2. The largest absolute Gasteiger partial charge is 0.372 e. The van der Waals surface area contributed by atoms with Gasteiger partial charge < -0.3 is 9.47 Å². The summed E-state index contributed by atoms with van der Waals surface area (Å²) in [6, 6.07) is 6.71. The Morgan fingerprint density at radius 1 is 1.24 bits per heavy atom. The van der Waals surface area contributed by atoms with Crippen molar-refractivity contribution in [2.45, 2.75) is 31.5 Å². The molecule has 92 valence electrons. The molecule has 2 atom stereocenters. The van der Waals surface area contributed by atoms with Crippen LogP contribution in [-0.2, 0) is 15.9 Å². The van der Waals surface area contributed by atoms with E-state index >= 15 is 0 Å². The van der Waals surface area contributed by atoms with Gasteiger partial charge in [-0.2, -0.15) is 0 Å². The smallest absolute Gasteiger partial charge is 0.125 e. The van der Waals surface area contributed by atoms with E-state index in [-0.39, 0.29) is 17.0 Å². The number of ether oxygens (including phenoxy) is 2. The van der Waals surface area contributed by atoms with Crippen molar-refractivity contribution in [2.24, 2.45) is 5.92 Å². The molecule has 3 rings (SSSR count). The average molecular weight is 236 g/mol. The molecule has 0 aliphatic carbocycles. The summed E-state index contributed by atoms with van der Waals surface area (Å²) < 4.78 is 24.3. The lowest BCUT2D eigenvalue weighted by molar-refractivity contribution is -0.00158. The second-order valence-corrected chi connectivity index (χ2v) is 5.53. The summed E-state index contributed by atoms with van der Waals surface area (Å²) in [6.45, 7) is 5.69. The predicted molar refractivity (Wildman–Crippen MR) is 62.3 cm³/mol. The molecule has 17 heavy (non-hydrogen) atoms. The van der Waals surface area contributed by atoms with E-state index in [1.165, 1.54) is 12.1 Å². The fraction of sp³-hybridized carbons (Fsp3) is 0.571. The summed E-state index contributed by atoms with van der Waals surface area (Å²) in [5.74, 6) is 0.192. The van der Waals surface area contributed by atoms with E-state index in [9.17, 15) is 4.39 Å².